The van der Waals surface area contributed by atoms with Crippen molar-refractivity contribution in [1.29, 1.82) is 0 Å². The van der Waals surface area contributed by atoms with E-state index in [2.05, 4.69) is 17.0 Å². The second kappa shape index (κ2) is 5.40. The Kier molecular flexibility index (Phi) is 3.99. The van der Waals surface area contributed by atoms with E-state index in [1.807, 2.05) is 20.9 Å². The van der Waals surface area contributed by atoms with E-state index in [1.54, 1.807) is 9.25 Å². The number of nitrogens with two attached hydrogens (primary N) is 1. The van der Waals surface area contributed by atoms with Crippen LogP contribution in [0.3, 0.4) is 0 Å². The molecular weight excluding hydrogens is 274 g/mol. The number of amides is 1. The van der Waals surface area contributed by atoms with Gasteiger partial charge in [0.25, 0.3) is 0 Å². The third kappa shape index (κ3) is 2.26. The Morgan fingerprint density at radius 2 is 2.15 bits per heavy atom. The van der Waals surface area contributed by atoms with E-state index in [-0.39, 0.29) is 11.8 Å². The zero-order valence-corrected chi connectivity index (χ0v) is 13.1. The van der Waals surface area contributed by atoms with Crippen molar-refractivity contribution in [3.05, 3.63) is 10.5 Å². The molecule has 3 N–H and O–H groups in total. The van der Waals surface area contributed by atoms with Crippen molar-refractivity contribution in [1.82, 2.24) is 19.3 Å². The lowest BCUT2D eigenvalue weighted by atomic mass is 10.0. The number of hydrogen-bond acceptors (Lipinski definition) is 3. The van der Waals surface area contributed by atoms with Crippen LogP contribution < -0.4 is 5.73 Å². The van der Waals surface area contributed by atoms with Crippen LogP contribution >= 0.6 is 12.2 Å². The number of hydrogen-bond donors (Lipinski definition) is 2. The van der Waals surface area contributed by atoms with Crippen LogP contribution in [-0.4, -0.2) is 25.2 Å². The van der Waals surface area contributed by atoms with E-state index < -0.39 is 6.04 Å². The minimum absolute atomic E-state index is 0.0581. The lowest BCUT2D eigenvalue weighted by Gasteiger charge is -2.19. The van der Waals surface area contributed by atoms with E-state index in [9.17, 15) is 4.79 Å². The molecule has 2 rings (SSSR count). The summed E-state index contributed by atoms with van der Waals surface area (Å²) in [6.07, 6.45) is 1.87. The minimum Gasteiger partial charge on any atom is -0.368 e. The first-order valence-electron chi connectivity index (χ1n) is 6.83. The minimum atomic E-state index is -0.471. The molecule has 0 spiro atoms. The van der Waals surface area contributed by atoms with Crippen molar-refractivity contribution in [2.45, 2.75) is 39.7 Å². The quantitative estimate of drug-likeness (QED) is 0.828. The number of rotatable bonds is 5. The van der Waals surface area contributed by atoms with Crippen LogP contribution in [-0.2, 0) is 18.3 Å². The average molecular weight is 295 g/mol. The van der Waals surface area contributed by atoms with Gasteiger partial charge in [-0.05, 0) is 24.6 Å². The van der Waals surface area contributed by atoms with E-state index in [4.69, 9.17) is 18.0 Å². The van der Waals surface area contributed by atoms with Gasteiger partial charge in [0, 0.05) is 7.05 Å². The highest BCUT2D eigenvalue weighted by Gasteiger charge is 2.27. The second-order valence-corrected chi connectivity index (χ2v) is 5.80. The van der Waals surface area contributed by atoms with Gasteiger partial charge in [0.2, 0.25) is 5.91 Å². The standard InChI is InChI=1S/C13H21N5OS/c1-5-6-8-9-12(17(4)16-8)18(13(20)15-9)10(7(2)3)11(14)19/h7,10H,5-6H2,1-4H3,(H2,14,19)(H,15,20). The predicted molar refractivity (Wildman–Crippen MR) is 81.0 cm³/mol. The number of primary amides is 1. The van der Waals surface area contributed by atoms with Crippen LogP contribution in [0.2, 0.25) is 0 Å². The number of H-pyrrole nitrogens is 1. The summed E-state index contributed by atoms with van der Waals surface area (Å²) in [5.41, 5.74) is 8.27. The molecule has 1 atom stereocenters. The molecule has 0 aromatic carbocycles. The average Bonchev–Trinajstić information content (AvgIpc) is 2.79. The van der Waals surface area contributed by atoms with Crippen molar-refractivity contribution < 1.29 is 4.79 Å². The number of imidazole rings is 1. The maximum atomic E-state index is 11.8. The molecule has 1 unspecified atom stereocenters. The fourth-order valence-corrected chi connectivity index (χ4v) is 2.96. The fourth-order valence-electron chi connectivity index (χ4n) is 2.66. The van der Waals surface area contributed by atoms with Crippen LogP contribution in [0.15, 0.2) is 0 Å². The zero-order valence-electron chi connectivity index (χ0n) is 12.3. The van der Waals surface area contributed by atoms with Crippen LogP contribution in [0.5, 0.6) is 0 Å². The second-order valence-electron chi connectivity index (χ2n) is 5.41. The number of nitrogens with zero attached hydrogens (tertiary/aromatic N) is 3. The van der Waals surface area contributed by atoms with Crippen molar-refractivity contribution in [3.63, 3.8) is 0 Å². The highest BCUT2D eigenvalue weighted by Crippen LogP contribution is 2.26. The molecule has 0 saturated heterocycles. The first-order valence-corrected chi connectivity index (χ1v) is 7.24. The number of carbonyl (C=O) groups excluding carboxylic acids is 1. The van der Waals surface area contributed by atoms with Gasteiger partial charge in [0.1, 0.15) is 11.6 Å². The number of fused-ring (bicyclic) bond motifs is 1. The summed E-state index contributed by atoms with van der Waals surface area (Å²) >= 11 is 5.38. The molecule has 110 valence electrons. The molecule has 0 bridgehead atoms. The van der Waals surface area contributed by atoms with Crippen LogP contribution in [0.1, 0.15) is 38.9 Å². The largest absolute Gasteiger partial charge is 0.368 e. The lowest BCUT2D eigenvalue weighted by Crippen LogP contribution is -2.31. The zero-order chi connectivity index (χ0) is 15.0. The van der Waals surface area contributed by atoms with Crippen LogP contribution in [0, 0.1) is 10.7 Å². The van der Waals surface area contributed by atoms with Crippen molar-refractivity contribution >= 4 is 29.3 Å². The number of carbonyl (C=O) groups is 1. The van der Waals surface area contributed by atoms with Crippen molar-refractivity contribution in [3.8, 4) is 0 Å². The molecule has 0 radical (unpaired) electrons. The van der Waals surface area contributed by atoms with Crippen molar-refractivity contribution in [2.75, 3.05) is 0 Å². The summed E-state index contributed by atoms with van der Waals surface area (Å²) in [4.78, 5) is 15.0. The Balaban J connectivity index is 2.73. The molecule has 6 nitrogen and oxygen atoms in total. The number of nitrogens with one attached hydrogen (secondary N) is 1. The summed E-state index contributed by atoms with van der Waals surface area (Å²) < 4.78 is 4.08. The third-order valence-corrected chi connectivity index (χ3v) is 3.76. The molecule has 0 fully saturated rings. The molecule has 2 aromatic heterocycles. The summed E-state index contributed by atoms with van der Waals surface area (Å²) in [5.74, 6) is -0.321. The van der Waals surface area contributed by atoms with Crippen molar-refractivity contribution in [2.24, 2.45) is 18.7 Å². The fraction of sp³-hybridized carbons (Fsp3) is 0.615. The number of aromatic amines is 1. The van der Waals surface area contributed by atoms with Gasteiger partial charge in [0.05, 0.1) is 5.69 Å². The van der Waals surface area contributed by atoms with Gasteiger partial charge in [-0.2, -0.15) is 5.10 Å². The summed E-state index contributed by atoms with van der Waals surface area (Å²) in [7, 11) is 1.86. The molecule has 1 amide bonds. The Morgan fingerprint density at radius 3 is 2.65 bits per heavy atom. The van der Waals surface area contributed by atoms with E-state index >= 15 is 0 Å². The molecule has 0 aliphatic carbocycles. The highest BCUT2D eigenvalue weighted by molar-refractivity contribution is 7.71. The first-order chi connectivity index (χ1) is 9.38. The van der Waals surface area contributed by atoms with E-state index in [0.29, 0.717) is 4.77 Å². The molecular formula is C13H21N5OS. The Hall–Kier alpha value is -1.63. The number of aromatic nitrogens is 4. The van der Waals surface area contributed by atoms with Gasteiger partial charge in [-0.3, -0.25) is 14.0 Å². The topological polar surface area (TPSA) is 81.6 Å². The maximum absolute atomic E-state index is 11.8. The summed E-state index contributed by atoms with van der Waals surface area (Å²) in [5, 5.41) is 4.51. The third-order valence-electron chi connectivity index (χ3n) is 3.46. The van der Waals surface area contributed by atoms with Gasteiger partial charge < -0.3 is 10.7 Å². The Morgan fingerprint density at radius 1 is 1.50 bits per heavy atom. The van der Waals surface area contributed by atoms with Gasteiger partial charge >= 0.3 is 0 Å². The monoisotopic (exact) mass is 295 g/mol. The molecule has 20 heavy (non-hydrogen) atoms. The molecule has 0 aliphatic heterocycles. The van der Waals surface area contributed by atoms with Crippen LogP contribution in [0.4, 0.5) is 0 Å². The molecule has 2 aromatic rings. The van der Waals surface area contributed by atoms with E-state index in [1.165, 1.54) is 0 Å². The maximum Gasteiger partial charge on any atom is 0.240 e. The molecule has 2 heterocycles. The van der Waals surface area contributed by atoms with Gasteiger partial charge in [-0.1, -0.05) is 27.2 Å². The Bertz CT molecular complexity index is 693. The summed E-state index contributed by atoms with van der Waals surface area (Å²) in [6.45, 7) is 6.02. The molecule has 7 heteroatoms. The first kappa shape index (κ1) is 14.8. The molecule has 0 aliphatic rings. The van der Waals surface area contributed by atoms with E-state index in [0.717, 1.165) is 29.7 Å². The van der Waals surface area contributed by atoms with Gasteiger partial charge in [0.15, 0.2) is 10.4 Å². The summed E-state index contributed by atoms with van der Waals surface area (Å²) in [6, 6.07) is -0.471. The normalized spacial score (nSPS) is 13.2. The predicted octanol–water partition coefficient (Wildman–Crippen LogP) is 2.07. The molecule has 0 saturated carbocycles. The SMILES string of the molecule is CCCc1nn(C)c2c1[nH]c(=S)n2C(C(N)=O)C(C)C. The Labute approximate surface area is 123 Å². The van der Waals surface area contributed by atoms with Gasteiger partial charge in [-0.15, -0.1) is 0 Å². The smallest absolute Gasteiger partial charge is 0.240 e. The highest BCUT2D eigenvalue weighted by atomic mass is 32.1. The van der Waals surface area contributed by atoms with Gasteiger partial charge in [-0.25, -0.2) is 0 Å². The van der Waals surface area contributed by atoms with Crippen LogP contribution in [0.25, 0.3) is 11.2 Å². The lowest BCUT2D eigenvalue weighted by molar-refractivity contribution is -0.122. The number of aryl methyl sites for hydroxylation is 2.